The number of rotatable bonds is 4. The van der Waals surface area contributed by atoms with E-state index in [4.69, 9.17) is 12.2 Å². The largest absolute Gasteiger partial charge is 0.362 e. The molecule has 0 aliphatic rings. The molecule has 0 unspecified atom stereocenters. The van der Waals surface area contributed by atoms with Crippen LogP contribution in [0.2, 0.25) is 0 Å². The highest BCUT2D eigenvalue weighted by atomic mass is 35.5. The molecule has 0 atom stereocenters. The third-order valence-electron chi connectivity index (χ3n) is 2.34. The summed E-state index contributed by atoms with van der Waals surface area (Å²) in [5.74, 6) is -0.265. The Labute approximate surface area is 122 Å². The Morgan fingerprint density at radius 2 is 2.05 bits per heavy atom. The van der Waals surface area contributed by atoms with Gasteiger partial charge in [-0.15, -0.1) is 12.4 Å². The van der Waals surface area contributed by atoms with Crippen molar-refractivity contribution < 1.29 is 4.39 Å². The fraction of sp³-hybridized carbons (Fsp3) is 0.167. The van der Waals surface area contributed by atoms with Gasteiger partial charge in [-0.2, -0.15) is 0 Å². The molecule has 0 aliphatic heterocycles. The van der Waals surface area contributed by atoms with Crippen LogP contribution < -0.4 is 10.6 Å². The molecular weight excluding hydrogens is 287 g/mol. The van der Waals surface area contributed by atoms with E-state index in [1.54, 1.807) is 24.7 Å². The lowest BCUT2D eigenvalue weighted by Crippen LogP contribution is -2.30. The number of imidazole rings is 1. The van der Waals surface area contributed by atoms with Crippen LogP contribution in [0, 0.1) is 5.82 Å². The molecule has 0 aliphatic carbocycles. The summed E-state index contributed by atoms with van der Waals surface area (Å²) in [5, 5.41) is 6.55. The summed E-state index contributed by atoms with van der Waals surface area (Å²) in [4.78, 5) is 6.94. The summed E-state index contributed by atoms with van der Waals surface area (Å²) < 4.78 is 12.7. The van der Waals surface area contributed by atoms with Gasteiger partial charge in [-0.05, 0) is 36.5 Å². The summed E-state index contributed by atoms with van der Waals surface area (Å²) in [7, 11) is 0. The van der Waals surface area contributed by atoms with Crippen molar-refractivity contribution in [2.75, 3.05) is 11.9 Å². The van der Waals surface area contributed by atoms with Gasteiger partial charge in [0, 0.05) is 30.5 Å². The van der Waals surface area contributed by atoms with E-state index in [1.165, 1.54) is 12.1 Å². The van der Waals surface area contributed by atoms with Crippen molar-refractivity contribution in [2.24, 2.45) is 0 Å². The third kappa shape index (κ3) is 5.23. The summed E-state index contributed by atoms with van der Waals surface area (Å²) in [6, 6.07) is 6.04. The fourth-order valence-corrected chi connectivity index (χ4v) is 1.66. The first-order valence-corrected chi connectivity index (χ1v) is 5.92. The van der Waals surface area contributed by atoms with Gasteiger partial charge in [0.15, 0.2) is 5.11 Å². The van der Waals surface area contributed by atoms with Crippen LogP contribution in [-0.2, 0) is 6.42 Å². The van der Waals surface area contributed by atoms with Crippen LogP contribution >= 0.6 is 24.6 Å². The molecule has 19 heavy (non-hydrogen) atoms. The second-order valence-electron chi connectivity index (χ2n) is 3.71. The van der Waals surface area contributed by atoms with E-state index in [0.29, 0.717) is 11.7 Å². The smallest absolute Gasteiger partial charge is 0.170 e. The molecule has 4 nitrogen and oxygen atoms in total. The second-order valence-corrected chi connectivity index (χ2v) is 4.12. The predicted molar refractivity (Wildman–Crippen MR) is 80.2 cm³/mol. The third-order valence-corrected chi connectivity index (χ3v) is 2.58. The number of anilines is 1. The van der Waals surface area contributed by atoms with Crippen molar-refractivity contribution in [3.63, 3.8) is 0 Å². The van der Waals surface area contributed by atoms with E-state index in [1.807, 2.05) is 0 Å². The minimum absolute atomic E-state index is 0. The lowest BCUT2D eigenvalue weighted by atomic mass is 10.3. The Hall–Kier alpha value is -1.66. The normalized spacial score (nSPS) is 9.53. The van der Waals surface area contributed by atoms with E-state index in [9.17, 15) is 4.39 Å². The fourth-order valence-electron chi connectivity index (χ4n) is 1.44. The molecule has 7 heteroatoms. The van der Waals surface area contributed by atoms with Gasteiger partial charge in [0.2, 0.25) is 0 Å². The molecule has 3 N–H and O–H groups in total. The lowest BCUT2D eigenvalue weighted by Gasteiger charge is -2.09. The molecule has 0 bridgehead atoms. The molecule has 1 heterocycles. The van der Waals surface area contributed by atoms with Crippen LogP contribution in [0.15, 0.2) is 36.8 Å². The van der Waals surface area contributed by atoms with Gasteiger partial charge < -0.3 is 15.6 Å². The molecule has 0 spiro atoms. The van der Waals surface area contributed by atoms with E-state index >= 15 is 0 Å². The van der Waals surface area contributed by atoms with Crippen LogP contribution in [-0.4, -0.2) is 21.6 Å². The number of H-pyrrole nitrogens is 1. The zero-order chi connectivity index (χ0) is 12.8. The highest BCUT2D eigenvalue weighted by Crippen LogP contribution is 2.07. The van der Waals surface area contributed by atoms with Gasteiger partial charge in [-0.1, -0.05) is 0 Å². The minimum atomic E-state index is -0.265. The number of nitrogens with zero attached hydrogens (tertiary/aromatic N) is 1. The maximum absolute atomic E-state index is 12.7. The average Bonchev–Trinajstić information content (AvgIpc) is 2.85. The lowest BCUT2D eigenvalue weighted by molar-refractivity contribution is 0.628. The topological polar surface area (TPSA) is 52.7 Å². The molecule has 0 saturated carbocycles. The number of hydrogen-bond acceptors (Lipinski definition) is 2. The number of aromatic nitrogens is 2. The highest BCUT2D eigenvalue weighted by molar-refractivity contribution is 7.80. The molecule has 2 rings (SSSR count). The van der Waals surface area contributed by atoms with Crippen LogP contribution in [0.1, 0.15) is 5.69 Å². The molecule has 102 valence electrons. The first-order chi connectivity index (χ1) is 8.74. The molecule has 0 saturated heterocycles. The van der Waals surface area contributed by atoms with Crippen LogP contribution in [0.25, 0.3) is 0 Å². The van der Waals surface area contributed by atoms with Crippen LogP contribution in [0.3, 0.4) is 0 Å². The second kappa shape index (κ2) is 7.70. The molecule has 1 aromatic carbocycles. The van der Waals surface area contributed by atoms with Gasteiger partial charge in [-0.3, -0.25) is 0 Å². The quantitative estimate of drug-likeness (QED) is 0.760. The van der Waals surface area contributed by atoms with E-state index in [2.05, 4.69) is 20.6 Å². The number of benzene rings is 1. The molecule has 1 aromatic heterocycles. The van der Waals surface area contributed by atoms with Gasteiger partial charge in [0.1, 0.15) is 5.82 Å². The monoisotopic (exact) mass is 300 g/mol. The highest BCUT2D eigenvalue weighted by Gasteiger charge is 1.98. The van der Waals surface area contributed by atoms with Crippen molar-refractivity contribution in [1.29, 1.82) is 0 Å². The Morgan fingerprint density at radius 3 is 2.68 bits per heavy atom. The molecule has 0 radical (unpaired) electrons. The zero-order valence-electron chi connectivity index (χ0n) is 10.0. The minimum Gasteiger partial charge on any atom is -0.362 e. The van der Waals surface area contributed by atoms with Crippen molar-refractivity contribution in [1.82, 2.24) is 15.3 Å². The van der Waals surface area contributed by atoms with E-state index in [0.717, 1.165) is 17.8 Å². The van der Waals surface area contributed by atoms with Gasteiger partial charge in [0.05, 0.1) is 6.33 Å². The number of hydrogen-bond donors (Lipinski definition) is 3. The number of halogens is 2. The van der Waals surface area contributed by atoms with Gasteiger partial charge in [0.25, 0.3) is 0 Å². The first kappa shape index (κ1) is 15.4. The number of aromatic amines is 1. The standard InChI is InChI=1S/C12H13FN4S.ClH/c13-9-1-3-10(4-2-9)17-12(18)15-6-5-11-7-14-8-16-11;/h1-4,7-8H,5-6H2,(H,14,16)(H2,15,17,18);1H. The van der Waals surface area contributed by atoms with E-state index in [-0.39, 0.29) is 18.2 Å². The molecule has 2 aromatic rings. The zero-order valence-corrected chi connectivity index (χ0v) is 11.7. The summed E-state index contributed by atoms with van der Waals surface area (Å²) in [6.07, 6.45) is 4.23. The number of nitrogens with one attached hydrogen (secondary N) is 3. The SMILES string of the molecule is Cl.Fc1ccc(NC(=S)NCCc2cnc[nH]2)cc1. The molecule has 0 amide bonds. The molecule has 0 fully saturated rings. The Kier molecular flexibility index (Phi) is 6.24. The van der Waals surface area contributed by atoms with Gasteiger partial charge >= 0.3 is 0 Å². The summed E-state index contributed by atoms with van der Waals surface area (Å²) in [5.41, 5.74) is 1.81. The maximum Gasteiger partial charge on any atom is 0.170 e. The van der Waals surface area contributed by atoms with Crippen molar-refractivity contribution in [3.8, 4) is 0 Å². The maximum atomic E-state index is 12.7. The Balaban J connectivity index is 0.00000180. The predicted octanol–water partition coefficient (Wildman–Crippen LogP) is 2.50. The van der Waals surface area contributed by atoms with Crippen molar-refractivity contribution in [2.45, 2.75) is 6.42 Å². The van der Waals surface area contributed by atoms with Crippen LogP contribution in [0.5, 0.6) is 0 Å². The van der Waals surface area contributed by atoms with Crippen molar-refractivity contribution >= 4 is 35.4 Å². The summed E-state index contributed by atoms with van der Waals surface area (Å²) >= 11 is 5.12. The Bertz CT molecular complexity index is 501. The van der Waals surface area contributed by atoms with Crippen molar-refractivity contribution in [3.05, 3.63) is 48.3 Å². The molecular formula is C12H14ClFN4S. The van der Waals surface area contributed by atoms with E-state index < -0.39 is 0 Å². The van der Waals surface area contributed by atoms with Crippen LogP contribution in [0.4, 0.5) is 10.1 Å². The average molecular weight is 301 g/mol. The van der Waals surface area contributed by atoms with Gasteiger partial charge in [-0.25, -0.2) is 9.37 Å². The Morgan fingerprint density at radius 1 is 1.32 bits per heavy atom. The first-order valence-electron chi connectivity index (χ1n) is 5.52. The number of thiocarbonyl (C=S) groups is 1. The summed E-state index contributed by atoms with van der Waals surface area (Å²) in [6.45, 7) is 0.704.